The fraction of sp³-hybridized carbons (Fsp3) is 0.600. The van der Waals surface area contributed by atoms with Crippen molar-refractivity contribution in [2.75, 3.05) is 31.1 Å². The van der Waals surface area contributed by atoms with Crippen molar-refractivity contribution in [1.29, 1.82) is 0 Å². The SMILES string of the molecule is CCc1nc(-c2ccc(N3CCN(C(=O)C4CCCCC4)CC3)nc2)no1. The monoisotopic (exact) mass is 369 g/mol. The van der Waals surface area contributed by atoms with Gasteiger partial charge in [0.15, 0.2) is 0 Å². The van der Waals surface area contributed by atoms with Crippen LogP contribution in [0.3, 0.4) is 0 Å². The molecule has 1 aliphatic carbocycles. The van der Waals surface area contributed by atoms with Crippen molar-refractivity contribution < 1.29 is 9.32 Å². The number of pyridine rings is 1. The van der Waals surface area contributed by atoms with Gasteiger partial charge in [-0.1, -0.05) is 31.3 Å². The zero-order chi connectivity index (χ0) is 18.6. The Morgan fingerprint density at radius 1 is 1.15 bits per heavy atom. The molecule has 2 aromatic rings. The highest BCUT2D eigenvalue weighted by Crippen LogP contribution is 2.26. The third-order valence-electron chi connectivity index (χ3n) is 5.65. The van der Waals surface area contributed by atoms with Gasteiger partial charge >= 0.3 is 0 Å². The highest BCUT2D eigenvalue weighted by atomic mass is 16.5. The number of aromatic nitrogens is 3. The average Bonchev–Trinajstić information content (AvgIpc) is 3.23. The van der Waals surface area contributed by atoms with Crippen LogP contribution in [0.2, 0.25) is 0 Å². The lowest BCUT2D eigenvalue weighted by atomic mass is 9.88. The molecule has 7 heteroatoms. The molecule has 0 bridgehead atoms. The molecule has 7 nitrogen and oxygen atoms in total. The van der Waals surface area contributed by atoms with E-state index in [0.717, 1.165) is 56.8 Å². The number of aryl methyl sites for hydroxylation is 1. The molecule has 4 rings (SSSR count). The van der Waals surface area contributed by atoms with Crippen LogP contribution in [0.1, 0.15) is 44.9 Å². The lowest BCUT2D eigenvalue weighted by Crippen LogP contribution is -2.50. The van der Waals surface area contributed by atoms with Crippen molar-refractivity contribution in [3.63, 3.8) is 0 Å². The second kappa shape index (κ2) is 8.06. The summed E-state index contributed by atoms with van der Waals surface area (Å²) in [6.45, 7) is 5.20. The molecule has 0 aromatic carbocycles. The first-order valence-corrected chi connectivity index (χ1v) is 10.1. The number of hydrogen-bond acceptors (Lipinski definition) is 6. The average molecular weight is 369 g/mol. The van der Waals surface area contributed by atoms with E-state index in [1.807, 2.05) is 24.0 Å². The van der Waals surface area contributed by atoms with Gasteiger partial charge in [0, 0.05) is 50.3 Å². The van der Waals surface area contributed by atoms with Gasteiger partial charge in [-0.05, 0) is 25.0 Å². The van der Waals surface area contributed by atoms with E-state index in [0.29, 0.717) is 17.6 Å². The van der Waals surface area contributed by atoms with Crippen LogP contribution in [0, 0.1) is 5.92 Å². The van der Waals surface area contributed by atoms with Crippen LogP contribution >= 0.6 is 0 Å². The molecule has 2 aliphatic rings. The van der Waals surface area contributed by atoms with Crippen molar-refractivity contribution in [2.45, 2.75) is 45.4 Å². The summed E-state index contributed by atoms with van der Waals surface area (Å²) in [5, 5.41) is 3.99. The van der Waals surface area contributed by atoms with E-state index in [9.17, 15) is 4.79 Å². The Kier molecular flexibility index (Phi) is 5.36. The number of piperazine rings is 1. The first-order chi connectivity index (χ1) is 13.2. The summed E-state index contributed by atoms with van der Waals surface area (Å²) >= 11 is 0. The number of carbonyl (C=O) groups excluding carboxylic acids is 1. The van der Waals surface area contributed by atoms with Gasteiger partial charge in [-0.25, -0.2) is 4.98 Å². The summed E-state index contributed by atoms with van der Waals surface area (Å²) < 4.78 is 5.16. The van der Waals surface area contributed by atoms with E-state index in [4.69, 9.17) is 4.52 Å². The highest BCUT2D eigenvalue weighted by molar-refractivity contribution is 5.79. The lowest BCUT2D eigenvalue weighted by molar-refractivity contribution is -0.136. The quantitative estimate of drug-likeness (QED) is 0.825. The molecule has 1 saturated carbocycles. The van der Waals surface area contributed by atoms with Crippen LogP contribution in [0.15, 0.2) is 22.9 Å². The summed E-state index contributed by atoms with van der Waals surface area (Å²) in [6.07, 6.45) is 8.33. The topological polar surface area (TPSA) is 75.4 Å². The zero-order valence-corrected chi connectivity index (χ0v) is 15.9. The maximum Gasteiger partial charge on any atom is 0.226 e. The first kappa shape index (κ1) is 17.9. The molecular formula is C20H27N5O2. The van der Waals surface area contributed by atoms with E-state index >= 15 is 0 Å². The fourth-order valence-electron chi connectivity index (χ4n) is 3.98. The minimum atomic E-state index is 0.255. The molecule has 0 radical (unpaired) electrons. The number of anilines is 1. The normalized spacial score (nSPS) is 18.7. The predicted octanol–water partition coefficient (Wildman–Crippen LogP) is 2.92. The Morgan fingerprint density at radius 3 is 2.56 bits per heavy atom. The van der Waals surface area contributed by atoms with Crippen molar-refractivity contribution in [1.82, 2.24) is 20.0 Å². The van der Waals surface area contributed by atoms with Gasteiger partial charge in [-0.2, -0.15) is 4.98 Å². The summed E-state index contributed by atoms with van der Waals surface area (Å²) in [4.78, 5) is 25.9. The van der Waals surface area contributed by atoms with Crippen LogP contribution in [0.4, 0.5) is 5.82 Å². The van der Waals surface area contributed by atoms with Crippen molar-refractivity contribution in [3.05, 3.63) is 24.2 Å². The van der Waals surface area contributed by atoms with E-state index in [1.165, 1.54) is 19.3 Å². The first-order valence-electron chi connectivity index (χ1n) is 10.1. The minimum absolute atomic E-state index is 0.255. The van der Waals surface area contributed by atoms with Crippen LogP contribution in [-0.2, 0) is 11.2 Å². The van der Waals surface area contributed by atoms with Gasteiger partial charge in [0.1, 0.15) is 5.82 Å². The van der Waals surface area contributed by atoms with E-state index in [-0.39, 0.29) is 5.92 Å². The molecule has 27 heavy (non-hydrogen) atoms. The number of hydrogen-bond donors (Lipinski definition) is 0. The smallest absolute Gasteiger partial charge is 0.226 e. The second-order valence-electron chi connectivity index (χ2n) is 7.42. The Hall–Kier alpha value is -2.44. The third-order valence-corrected chi connectivity index (χ3v) is 5.65. The number of nitrogens with zero attached hydrogens (tertiary/aromatic N) is 5. The maximum absolute atomic E-state index is 12.7. The summed E-state index contributed by atoms with van der Waals surface area (Å²) in [5.74, 6) is 2.76. The molecule has 1 aliphatic heterocycles. The Bertz CT molecular complexity index is 759. The van der Waals surface area contributed by atoms with Gasteiger partial charge in [0.05, 0.1) is 0 Å². The van der Waals surface area contributed by atoms with Crippen LogP contribution < -0.4 is 4.90 Å². The van der Waals surface area contributed by atoms with Gasteiger partial charge in [-0.15, -0.1) is 0 Å². The molecule has 144 valence electrons. The highest BCUT2D eigenvalue weighted by Gasteiger charge is 2.28. The van der Waals surface area contributed by atoms with E-state index < -0.39 is 0 Å². The molecule has 0 unspecified atom stereocenters. The predicted molar refractivity (Wildman–Crippen MR) is 102 cm³/mol. The lowest BCUT2D eigenvalue weighted by Gasteiger charge is -2.37. The maximum atomic E-state index is 12.7. The molecule has 0 N–H and O–H groups in total. The standard InChI is InChI=1S/C20H27N5O2/c1-2-18-22-19(23-27-18)16-8-9-17(21-14-16)24-10-12-25(13-11-24)20(26)15-6-4-3-5-7-15/h8-9,14-15H,2-7,10-13H2,1H3. The molecule has 1 amide bonds. The van der Waals surface area contributed by atoms with E-state index in [2.05, 4.69) is 20.0 Å². The molecule has 1 saturated heterocycles. The molecular weight excluding hydrogens is 342 g/mol. The summed E-state index contributed by atoms with van der Waals surface area (Å²) in [5.41, 5.74) is 0.855. The molecule has 2 fully saturated rings. The molecule has 0 atom stereocenters. The van der Waals surface area contributed by atoms with Crippen molar-refractivity contribution in [2.24, 2.45) is 5.92 Å². The third kappa shape index (κ3) is 3.96. The fourth-order valence-corrected chi connectivity index (χ4v) is 3.98. The van der Waals surface area contributed by atoms with E-state index in [1.54, 1.807) is 6.20 Å². The Morgan fingerprint density at radius 2 is 1.93 bits per heavy atom. The van der Waals surface area contributed by atoms with Crippen molar-refractivity contribution in [3.8, 4) is 11.4 Å². The van der Waals surface area contributed by atoms with Gasteiger partial charge in [-0.3, -0.25) is 4.79 Å². The minimum Gasteiger partial charge on any atom is -0.353 e. The molecule has 3 heterocycles. The Labute approximate surface area is 159 Å². The van der Waals surface area contributed by atoms with Crippen LogP contribution in [0.25, 0.3) is 11.4 Å². The second-order valence-corrected chi connectivity index (χ2v) is 7.42. The number of carbonyl (C=O) groups is 1. The number of amides is 1. The van der Waals surface area contributed by atoms with Crippen molar-refractivity contribution >= 4 is 11.7 Å². The van der Waals surface area contributed by atoms with Gasteiger partial charge in [0.25, 0.3) is 0 Å². The molecule has 2 aromatic heterocycles. The van der Waals surface area contributed by atoms with Crippen LogP contribution in [-0.4, -0.2) is 52.1 Å². The molecule has 0 spiro atoms. The summed E-state index contributed by atoms with van der Waals surface area (Å²) in [7, 11) is 0. The largest absolute Gasteiger partial charge is 0.353 e. The Balaban J connectivity index is 1.34. The van der Waals surface area contributed by atoms with Gasteiger partial charge in [0.2, 0.25) is 17.6 Å². The summed E-state index contributed by atoms with van der Waals surface area (Å²) in [6, 6.07) is 3.97. The number of rotatable bonds is 4. The van der Waals surface area contributed by atoms with Gasteiger partial charge < -0.3 is 14.3 Å². The zero-order valence-electron chi connectivity index (χ0n) is 15.9. The van der Waals surface area contributed by atoms with Crippen LogP contribution in [0.5, 0.6) is 0 Å².